The molecular formula is C23H22FN5. The van der Waals surface area contributed by atoms with Gasteiger partial charge in [0.25, 0.3) is 0 Å². The lowest BCUT2D eigenvalue weighted by Gasteiger charge is -2.34. The zero-order valence-electron chi connectivity index (χ0n) is 16.3. The van der Waals surface area contributed by atoms with Crippen LogP contribution in [0.2, 0.25) is 0 Å². The number of aromatic nitrogens is 3. The van der Waals surface area contributed by atoms with E-state index in [0.717, 1.165) is 48.5 Å². The number of hydrogen-bond acceptors (Lipinski definition) is 4. The fourth-order valence-corrected chi connectivity index (χ4v) is 3.81. The number of hydrogen-bond donors (Lipinski definition) is 1. The van der Waals surface area contributed by atoms with Crippen molar-refractivity contribution in [2.75, 3.05) is 38.1 Å². The molecule has 1 saturated heterocycles. The molecule has 0 aliphatic carbocycles. The summed E-state index contributed by atoms with van der Waals surface area (Å²) in [6.45, 7) is 4.23. The van der Waals surface area contributed by atoms with Crippen molar-refractivity contribution in [1.29, 1.82) is 0 Å². The molecule has 4 aromatic rings. The second-order valence-corrected chi connectivity index (χ2v) is 7.48. The summed E-state index contributed by atoms with van der Waals surface area (Å²) in [6, 6.07) is 18.9. The first kappa shape index (κ1) is 17.8. The number of rotatable bonds is 3. The van der Waals surface area contributed by atoms with E-state index in [4.69, 9.17) is 4.98 Å². The first-order valence-corrected chi connectivity index (χ1v) is 9.83. The Morgan fingerprint density at radius 3 is 2.41 bits per heavy atom. The minimum Gasteiger partial charge on any atom is -0.369 e. The lowest BCUT2D eigenvalue weighted by atomic mass is 10.1. The molecule has 1 aliphatic rings. The maximum absolute atomic E-state index is 14.2. The predicted molar refractivity (Wildman–Crippen MR) is 114 cm³/mol. The summed E-state index contributed by atoms with van der Waals surface area (Å²) >= 11 is 0. The van der Waals surface area contributed by atoms with Gasteiger partial charge in [0.2, 0.25) is 0 Å². The average Bonchev–Trinajstić information content (AvgIpc) is 3.18. The fraction of sp³-hybridized carbons (Fsp3) is 0.217. The number of anilines is 1. The van der Waals surface area contributed by atoms with Crippen molar-refractivity contribution >= 4 is 16.7 Å². The Morgan fingerprint density at radius 1 is 0.897 bits per heavy atom. The van der Waals surface area contributed by atoms with Crippen molar-refractivity contribution in [3.63, 3.8) is 0 Å². The number of pyridine rings is 1. The van der Waals surface area contributed by atoms with E-state index in [2.05, 4.69) is 51.3 Å². The monoisotopic (exact) mass is 387 g/mol. The molecule has 29 heavy (non-hydrogen) atoms. The number of fused-ring (bicyclic) bond motifs is 1. The van der Waals surface area contributed by atoms with Crippen LogP contribution in [0, 0.1) is 5.82 Å². The Balaban J connectivity index is 1.49. The molecule has 2 aromatic heterocycles. The van der Waals surface area contributed by atoms with Gasteiger partial charge in [0.1, 0.15) is 17.0 Å². The van der Waals surface area contributed by atoms with Gasteiger partial charge in [-0.25, -0.2) is 9.37 Å². The standard InChI is InChI=1S/C23H22FN5/c1-28-12-14-29(15-13-28)17-8-6-16(7-9-17)22-23-21(26-27-22)11-10-20(25-23)18-4-2-3-5-19(18)24/h2-11H,12-15H2,1H3,(H,26,27). The zero-order valence-corrected chi connectivity index (χ0v) is 16.3. The third kappa shape index (κ3) is 3.36. The molecule has 5 nitrogen and oxygen atoms in total. The fourth-order valence-electron chi connectivity index (χ4n) is 3.81. The highest BCUT2D eigenvalue weighted by Gasteiger charge is 2.16. The molecule has 0 unspecified atom stereocenters. The van der Waals surface area contributed by atoms with Crippen LogP contribution in [0.3, 0.4) is 0 Å². The maximum atomic E-state index is 14.2. The number of aromatic amines is 1. The maximum Gasteiger partial charge on any atom is 0.132 e. The molecule has 3 heterocycles. The summed E-state index contributed by atoms with van der Waals surface area (Å²) in [5, 5.41) is 7.51. The Morgan fingerprint density at radius 2 is 1.66 bits per heavy atom. The first-order chi connectivity index (χ1) is 14.2. The molecule has 0 amide bonds. The number of likely N-dealkylation sites (N-methyl/N-ethyl adjacent to an activating group) is 1. The molecule has 0 saturated carbocycles. The smallest absolute Gasteiger partial charge is 0.132 e. The molecule has 6 heteroatoms. The van der Waals surface area contributed by atoms with Crippen LogP contribution < -0.4 is 4.90 Å². The zero-order chi connectivity index (χ0) is 19.8. The van der Waals surface area contributed by atoms with Crippen molar-refractivity contribution in [3.05, 3.63) is 66.5 Å². The van der Waals surface area contributed by atoms with Gasteiger partial charge in [0.05, 0.1) is 11.2 Å². The van der Waals surface area contributed by atoms with E-state index in [1.54, 1.807) is 12.1 Å². The van der Waals surface area contributed by atoms with Crippen LogP contribution in [-0.4, -0.2) is 53.3 Å². The molecule has 1 aliphatic heterocycles. The summed E-state index contributed by atoms with van der Waals surface area (Å²) in [4.78, 5) is 9.46. The summed E-state index contributed by atoms with van der Waals surface area (Å²) in [6.07, 6.45) is 0. The highest BCUT2D eigenvalue weighted by Crippen LogP contribution is 2.30. The van der Waals surface area contributed by atoms with Crippen LogP contribution >= 0.6 is 0 Å². The molecule has 146 valence electrons. The Hall–Kier alpha value is -3.25. The molecule has 0 bridgehead atoms. The van der Waals surface area contributed by atoms with Gasteiger partial charge in [-0.15, -0.1) is 0 Å². The van der Waals surface area contributed by atoms with Gasteiger partial charge < -0.3 is 9.80 Å². The highest BCUT2D eigenvalue weighted by atomic mass is 19.1. The largest absolute Gasteiger partial charge is 0.369 e. The number of benzene rings is 2. The Kier molecular flexibility index (Phi) is 4.48. The summed E-state index contributed by atoms with van der Waals surface area (Å²) in [5.74, 6) is -0.277. The van der Waals surface area contributed by atoms with E-state index >= 15 is 0 Å². The number of nitrogens with one attached hydrogen (secondary N) is 1. The number of halogens is 1. The van der Waals surface area contributed by atoms with Crippen molar-refractivity contribution in [2.24, 2.45) is 0 Å². The topological polar surface area (TPSA) is 48.0 Å². The lowest BCUT2D eigenvalue weighted by molar-refractivity contribution is 0.313. The van der Waals surface area contributed by atoms with Gasteiger partial charge in [0, 0.05) is 43.0 Å². The first-order valence-electron chi connectivity index (χ1n) is 9.83. The molecule has 1 N–H and O–H groups in total. The van der Waals surface area contributed by atoms with Gasteiger partial charge in [-0.1, -0.05) is 24.3 Å². The number of piperazine rings is 1. The van der Waals surface area contributed by atoms with Crippen molar-refractivity contribution in [3.8, 4) is 22.5 Å². The normalized spacial score (nSPS) is 15.2. The average molecular weight is 387 g/mol. The summed E-state index contributed by atoms with van der Waals surface area (Å²) in [5.41, 5.74) is 5.68. The van der Waals surface area contributed by atoms with Crippen molar-refractivity contribution < 1.29 is 4.39 Å². The molecule has 2 aromatic carbocycles. The Labute approximate surface area is 168 Å². The molecule has 1 fully saturated rings. The molecule has 5 rings (SSSR count). The van der Waals surface area contributed by atoms with Crippen LogP contribution in [0.15, 0.2) is 60.7 Å². The van der Waals surface area contributed by atoms with Gasteiger partial charge in [0.15, 0.2) is 0 Å². The van der Waals surface area contributed by atoms with Crippen molar-refractivity contribution in [1.82, 2.24) is 20.1 Å². The van der Waals surface area contributed by atoms with E-state index < -0.39 is 0 Å². The van der Waals surface area contributed by atoms with Gasteiger partial charge in [-0.3, -0.25) is 5.10 Å². The van der Waals surface area contributed by atoms with Gasteiger partial charge in [-0.2, -0.15) is 5.10 Å². The summed E-state index contributed by atoms with van der Waals surface area (Å²) < 4.78 is 14.2. The van der Waals surface area contributed by atoms with E-state index in [1.165, 1.54) is 11.8 Å². The van der Waals surface area contributed by atoms with E-state index in [0.29, 0.717) is 11.3 Å². The minimum atomic E-state index is -0.277. The van der Waals surface area contributed by atoms with Crippen molar-refractivity contribution in [2.45, 2.75) is 0 Å². The van der Waals surface area contributed by atoms with Crippen LogP contribution in [0.5, 0.6) is 0 Å². The SMILES string of the molecule is CN1CCN(c2ccc(-c3n[nH]c4ccc(-c5ccccc5F)nc34)cc2)CC1. The Bertz CT molecular complexity index is 1140. The van der Waals surface area contributed by atoms with Crippen LogP contribution in [0.25, 0.3) is 33.5 Å². The van der Waals surface area contributed by atoms with Gasteiger partial charge in [-0.05, 0) is 43.4 Å². The third-order valence-corrected chi connectivity index (χ3v) is 5.57. The van der Waals surface area contributed by atoms with Crippen LogP contribution in [0.1, 0.15) is 0 Å². The van der Waals surface area contributed by atoms with E-state index in [1.807, 2.05) is 18.2 Å². The second-order valence-electron chi connectivity index (χ2n) is 7.48. The van der Waals surface area contributed by atoms with E-state index in [-0.39, 0.29) is 5.82 Å². The molecule has 0 radical (unpaired) electrons. The quantitative estimate of drug-likeness (QED) is 0.573. The van der Waals surface area contributed by atoms with Crippen LogP contribution in [-0.2, 0) is 0 Å². The summed E-state index contributed by atoms with van der Waals surface area (Å²) in [7, 11) is 2.16. The number of nitrogens with zero attached hydrogens (tertiary/aromatic N) is 4. The van der Waals surface area contributed by atoms with Gasteiger partial charge >= 0.3 is 0 Å². The predicted octanol–water partition coefficient (Wildman–Crippen LogP) is 4.18. The third-order valence-electron chi connectivity index (χ3n) is 5.57. The van der Waals surface area contributed by atoms with Crippen LogP contribution in [0.4, 0.5) is 10.1 Å². The second kappa shape index (κ2) is 7.29. The molecule has 0 spiro atoms. The van der Waals surface area contributed by atoms with E-state index in [9.17, 15) is 4.39 Å². The number of H-pyrrole nitrogens is 1. The molecular weight excluding hydrogens is 365 g/mol. The highest BCUT2D eigenvalue weighted by molar-refractivity contribution is 5.91. The minimum absolute atomic E-state index is 0.277. The molecule has 0 atom stereocenters. The lowest BCUT2D eigenvalue weighted by Crippen LogP contribution is -2.44.